The Bertz CT molecular complexity index is 744. The molecule has 0 fully saturated rings. The van der Waals surface area contributed by atoms with E-state index in [1.54, 1.807) is 0 Å². The molecule has 1 aliphatic heterocycles. The van der Waals surface area contributed by atoms with Gasteiger partial charge in [0.1, 0.15) is 6.07 Å². The van der Waals surface area contributed by atoms with Gasteiger partial charge in [-0.05, 0) is 44.1 Å². The zero-order chi connectivity index (χ0) is 15.5. The van der Waals surface area contributed by atoms with E-state index in [4.69, 9.17) is 0 Å². The summed E-state index contributed by atoms with van der Waals surface area (Å²) < 4.78 is 2.22. The lowest BCUT2D eigenvalue weighted by molar-refractivity contribution is 0.417. The van der Waals surface area contributed by atoms with Gasteiger partial charge in [-0.15, -0.1) is 0 Å². The van der Waals surface area contributed by atoms with E-state index >= 15 is 0 Å². The van der Waals surface area contributed by atoms with E-state index in [2.05, 4.69) is 60.0 Å². The molecule has 1 aliphatic rings. The molecule has 0 unspecified atom stereocenters. The second-order valence-corrected chi connectivity index (χ2v) is 6.04. The number of nitrogens with zero attached hydrogens (tertiary/aromatic N) is 3. The highest BCUT2D eigenvalue weighted by atomic mass is 15.0. The van der Waals surface area contributed by atoms with Crippen LogP contribution in [0.4, 0.5) is 0 Å². The smallest absolute Gasteiger partial charge is 0.101 e. The molecular weight excluding hydrogens is 270 g/mol. The van der Waals surface area contributed by atoms with E-state index in [0.29, 0.717) is 0 Å². The van der Waals surface area contributed by atoms with Gasteiger partial charge in [0.15, 0.2) is 0 Å². The Labute approximate surface area is 132 Å². The van der Waals surface area contributed by atoms with Crippen LogP contribution >= 0.6 is 0 Å². The first kappa shape index (κ1) is 14.6. The van der Waals surface area contributed by atoms with Gasteiger partial charge in [0.25, 0.3) is 0 Å². The summed E-state index contributed by atoms with van der Waals surface area (Å²) in [6, 6.07) is 12.9. The summed E-state index contributed by atoms with van der Waals surface area (Å²) >= 11 is 0. The maximum Gasteiger partial charge on any atom is 0.101 e. The van der Waals surface area contributed by atoms with E-state index in [0.717, 1.165) is 31.5 Å². The Hall–Kier alpha value is -2.31. The molecule has 2 aromatic rings. The minimum atomic E-state index is 0.743. The molecule has 112 valence electrons. The van der Waals surface area contributed by atoms with Crippen LogP contribution in [-0.4, -0.2) is 30.1 Å². The van der Waals surface area contributed by atoms with Crippen LogP contribution in [-0.2, 0) is 13.0 Å². The highest BCUT2D eigenvalue weighted by Crippen LogP contribution is 2.31. The first-order valence-electron chi connectivity index (χ1n) is 7.73. The number of rotatable bonds is 3. The molecule has 0 N–H and O–H groups in total. The Morgan fingerprint density at radius 1 is 1.32 bits per heavy atom. The van der Waals surface area contributed by atoms with E-state index in [1.807, 2.05) is 12.3 Å². The lowest BCUT2D eigenvalue weighted by Gasteiger charge is -2.11. The third-order valence-corrected chi connectivity index (χ3v) is 4.16. The molecule has 3 rings (SSSR count). The van der Waals surface area contributed by atoms with Crippen molar-refractivity contribution in [3.63, 3.8) is 0 Å². The fourth-order valence-corrected chi connectivity index (χ4v) is 3.05. The first-order valence-corrected chi connectivity index (χ1v) is 7.73. The standard InChI is InChI=1S/C19H21N3/c1-21(2)10-5-8-18-17-7-4-3-6-16(17)9-11-22-14-15(13-20)12-19(18)22/h3-4,6-8,12,14H,5,9-11H2,1-2H3/b18-8+. The molecular formula is C19H21N3. The number of fused-ring (bicyclic) bond motifs is 2. The van der Waals surface area contributed by atoms with Gasteiger partial charge in [-0.1, -0.05) is 30.3 Å². The number of benzene rings is 1. The quantitative estimate of drug-likeness (QED) is 0.869. The van der Waals surface area contributed by atoms with Crippen LogP contribution in [0.3, 0.4) is 0 Å². The average molecular weight is 291 g/mol. The molecule has 0 bridgehead atoms. The number of hydrogen-bond acceptors (Lipinski definition) is 2. The van der Waals surface area contributed by atoms with E-state index < -0.39 is 0 Å². The van der Waals surface area contributed by atoms with E-state index in [1.165, 1.54) is 22.4 Å². The van der Waals surface area contributed by atoms with Gasteiger partial charge in [0.2, 0.25) is 0 Å². The molecule has 0 spiro atoms. The first-order chi connectivity index (χ1) is 10.7. The Morgan fingerprint density at radius 3 is 2.91 bits per heavy atom. The molecule has 0 amide bonds. The van der Waals surface area contributed by atoms with Crippen LogP contribution in [0.5, 0.6) is 0 Å². The summed E-state index contributed by atoms with van der Waals surface area (Å²) in [6.45, 7) is 1.95. The minimum absolute atomic E-state index is 0.743. The molecule has 1 aromatic carbocycles. The average Bonchev–Trinajstić information content (AvgIpc) is 2.87. The largest absolute Gasteiger partial charge is 0.346 e. The maximum atomic E-state index is 9.20. The van der Waals surface area contributed by atoms with Crippen LogP contribution < -0.4 is 0 Å². The minimum Gasteiger partial charge on any atom is -0.346 e. The van der Waals surface area contributed by atoms with Crippen molar-refractivity contribution in [2.24, 2.45) is 0 Å². The van der Waals surface area contributed by atoms with Gasteiger partial charge < -0.3 is 9.47 Å². The predicted octanol–water partition coefficient (Wildman–Crippen LogP) is 3.30. The van der Waals surface area contributed by atoms with Crippen molar-refractivity contribution < 1.29 is 0 Å². The van der Waals surface area contributed by atoms with Crippen LogP contribution in [0.1, 0.15) is 28.8 Å². The molecule has 22 heavy (non-hydrogen) atoms. The number of aryl methyl sites for hydroxylation is 2. The van der Waals surface area contributed by atoms with Gasteiger partial charge in [-0.3, -0.25) is 0 Å². The topological polar surface area (TPSA) is 32.0 Å². The Balaban J connectivity index is 2.08. The number of nitriles is 1. The molecule has 0 saturated carbocycles. The summed E-state index contributed by atoms with van der Waals surface area (Å²) in [5.74, 6) is 0. The van der Waals surface area contributed by atoms with E-state index in [9.17, 15) is 5.26 Å². The molecule has 3 nitrogen and oxygen atoms in total. The second kappa shape index (κ2) is 6.21. The summed E-state index contributed by atoms with van der Waals surface area (Å²) in [7, 11) is 4.19. The summed E-state index contributed by atoms with van der Waals surface area (Å²) in [5.41, 5.74) is 5.87. The highest BCUT2D eigenvalue weighted by Gasteiger charge is 2.18. The lowest BCUT2D eigenvalue weighted by Crippen LogP contribution is -2.12. The molecule has 0 atom stereocenters. The van der Waals surface area contributed by atoms with Crippen LogP contribution in [0.2, 0.25) is 0 Å². The maximum absolute atomic E-state index is 9.20. The molecule has 1 aromatic heterocycles. The fourth-order valence-electron chi connectivity index (χ4n) is 3.05. The summed E-state index contributed by atoms with van der Waals surface area (Å²) in [4.78, 5) is 2.19. The highest BCUT2D eigenvalue weighted by molar-refractivity contribution is 5.81. The van der Waals surface area contributed by atoms with Crippen molar-refractivity contribution in [2.45, 2.75) is 19.4 Å². The van der Waals surface area contributed by atoms with Gasteiger partial charge in [-0.2, -0.15) is 5.26 Å². The monoisotopic (exact) mass is 291 g/mol. The third-order valence-electron chi connectivity index (χ3n) is 4.16. The lowest BCUT2D eigenvalue weighted by atomic mass is 9.96. The van der Waals surface area contributed by atoms with Crippen LogP contribution in [0, 0.1) is 11.3 Å². The fraction of sp³-hybridized carbons (Fsp3) is 0.316. The van der Waals surface area contributed by atoms with Crippen molar-refractivity contribution >= 4 is 5.57 Å². The third kappa shape index (κ3) is 2.84. The molecule has 0 saturated heterocycles. The van der Waals surface area contributed by atoms with Crippen molar-refractivity contribution in [1.82, 2.24) is 9.47 Å². The van der Waals surface area contributed by atoms with Gasteiger partial charge in [0, 0.05) is 30.6 Å². The molecule has 0 radical (unpaired) electrons. The van der Waals surface area contributed by atoms with Crippen LogP contribution in [0.25, 0.3) is 5.57 Å². The van der Waals surface area contributed by atoms with Gasteiger partial charge in [-0.25, -0.2) is 0 Å². The summed E-state index contributed by atoms with van der Waals surface area (Å²) in [6.07, 6.45) is 6.30. The Kier molecular flexibility index (Phi) is 4.13. The number of hydrogen-bond donors (Lipinski definition) is 0. The van der Waals surface area contributed by atoms with Crippen molar-refractivity contribution in [1.29, 1.82) is 5.26 Å². The van der Waals surface area contributed by atoms with Crippen molar-refractivity contribution in [3.05, 3.63) is 65.0 Å². The number of aromatic nitrogens is 1. The summed E-state index contributed by atoms with van der Waals surface area (Å²) in [5, 5.41) is 9.20. The molecule has 3 heteroatoms. The molecule has 2 heterocycles. The zero-order valence-corrected chi connectivity index (χ0v) is 13.2. The van der Waals surface area contributed by atoms with E-state index in [-0.39, 0.29) is 0 Å². The van der Waals surface area contributed by atoms with Crippen molar-refractivity contribution in [2.75, 3.05) is 20.6 Å². The van der Waals surface area contributed by atoms with Gasteiger partial charge >= 0.3 is 0 Å². The second-order valence-electron chi connectivity index (χ2n) is 6.04. The predicted molar refractivity (Wildman–Crippen MR) is 89.5 cm³/mol. The molecule has 0 aliphatic carbocycles. The van der Waals surface area contributed by atoms with Crippen molar-refractivity contribution in [3.8, 4) is 6.07 Å². The SMILES string of the molecule is CN(C)CC/C=C1\c2ccccc2CCn2cc(C#N)cc21. The zero-order valence-electron chi connectivity index (χ0n) is 13.2. The van der Waals surface area contributed by atoms with Crippen LogP contribution in [0.15, 0.2) is 42.6 Å². The normalized spacial score (nSPS) is 15.3. The Morgan fingerprint density at radius 2 is 2.14 bits per heavy atom. The van der Waals surface area contributed by atoms with Gasteiger partial charge in [0.05, 0.1) is 5.56 Å².